The van der Waals surface area contributed by atoms with Gasteiger partial charge >= 0.3 is 6.03 Å². The van der Waals surface area contributed by atoms with E-state index in [2.05, 4.69) is 10.3 Å². The molecule has 1 aromatic carbocycles. The molecule has 0 unspecified atom stereocenters. The number of rotatable bonds is 6. The van der Waals surface area contributed by atoms with Crippen LogP contribution in [0.4, 0.5) is 28.0 Å². The van der Waals surface area contributed by atoms with Gasteiger partial charge in [0.25, 0.3) is 12.3 Å². The SMILES string of the molecule is Cc1cc(NC(=O)c2ncc(Cl)cc2F)cc([C@](NC(N)=O)(C(F)F)[C@H]2C[C@H]2N)c1F. The van der Waals surface area contributed by atoms with E-state index in [9.17, 15) is 22.8 Å². The van der Waals surface area contributed by atoms with Gasteiger partial charge in [-0.1, -0.05) is 11.6 Å². The number of nitrogens with two attached hydrogens (primary N) is 2. The Kier molecular flexibility index (Phi) is 6.10. The maximum absolute atomic E-state index is 15.0. The Labute approximate surface area is 179 Å². The summed E-state index contributed by atoms with van der Waals surface area (Å²) in [4.78, 5) is 27.5. The fourth-order valence-corrected chi connectivity index (χ4v) is 3.70. The predicted molar refractivity (Wildman–Crippen MR) is 105 cm³/mol. The number of hydrogen-bond donors (Lipinski definition) is 4. The van der Waals surface area contributed by atoms with Crippen LogP contribution >= 0.6 is 11.6 Å². The van der Waals surface area contributed by atoms with Gasteiger partial charge in [-0.15, -0.1) is 0 Å². The second-order valence-electron chi connectivity index (χ2n) is 7.26. The van der Waals surface area contributed by atoms with E-state index in [1.165, 1.54) is 6.92 Å². The number of carbonyl (C=O) groups is 2. The van der Waals surface area contributed by atoms with E-state index in [0.29, 0.717) is 0 Å². The number of halogens is 5. The number of amides is 3. The van der Waals surface area contributed by atoms with E-state index in [1.54, 1.807) is 0 Å². The maximum Gasteiger partial charge on any atom is 0.313 e. The average molecular weight is 460 g/mol. The van der Waals surface area contributed by atoms with Crippen molar-refractivity contribution in [3.05, 3.63) is 57.9 Å². The van der Waals surface area contributed by atoms with E-state index in [1.807, 2.05) is 5.32 Å². The first-order chi connectivity index (χ1) is 14.5. The van der Waals surface area contributed by atoms with Crippen LogP contribution in [0.3, 0.4) is 0 Å². The molecule has 31 heavy (non-hydrogen) atoms. The van der Waals surface area contributed by atoms with Gasteiger partial charge < -0.3 is 22.1 Å². The molecule has 3 rings (SSSR count). The smallest absolute Gasteiger partial charge is 0.313 e. The first-order valence-corrected chi connectivity index (χ1v) is 9.39. The van der Waals surface area contributed by atoms with E-state index in [4.69, 9.17) is 23.1 Å². The largest absolute Gasteiger partial charge is 0.352 e. The van der Waals surface area contributed by atoms with Crippen LogP contribution in [0, 0.1) is 24.5 Å². The molecule has 1 aromatic heterocycles. The van der Waals surface area contributed by atoms with E-state index >= 15 is 4.39 Å². The topological polar surface area (TPSA) is 123 Å². The first kappa shape index (κ1) is 22.8. The highest BCUT2D eigenvalue weighted by molar-refractivity contribution is 6.30. The summed E-state index contributed by atoms with van der Waals surface area (Å²) in [5.74, 6) is -4.04. The monoisotopic (exact) mass is 459 g/mol. The molecule has 0 spiro atoms. The third-order valence-corrected chi connectivity index (χ3v) is 5.29. The Bertz CT molecular complexity index is 1050. The minimum atomic E-state index is -3.27. The highest BCUT2D eigenvalue weighted by Gasteiger charge is 2.59. The molecule has 1 fully saturated rings. The summed E-state index contributed by atoms with van der Waals surface area (Å²) in [6.45, 7) is 1.28. The fourth-order valence-electron chi connectivity index (χ4n) is 3.55. The lowest BCUT2D eigenvalue weighted by atomic mass is 9.83. The molecule has 6 N–H and O–H groups in total. The Morgan fingerprint density at radius 1 is 1.29 bits per heavy atom. The minimum absolute atomic E-state index is 0.0334. The number of pyridine rings is 1. The van der Waals surface area contributed by atoms with Crippen molar-refractivity contribution >= 4 is 29.2 Å². The number of primary amides is 1. The average Bonchev–Trinajstić information content (AvgIpc) is 3.39. The molecule has 1 aliphatic carbocycles. The Hall–Kier alpha value is -2.92. The number of nitrogens with zero attached hydrogens (tertiary/aromatic N) is 1. The van der Waals surface area contributed by atoms with Crippen LogP contribution in [0.15, 0.2) is 24.4 Å². The number of hydrogen-bond acceptors (Lipinski definition) is 4. The highest BCUT2D eigenvalue weighted by Crippen LogP contribution is 2.49. The summed E-state index contributed by atoms with van der Waals surface area (Å²) in [7, 11) is 0. The summed E-state index contributed by atoms with van der Waals surface area (Å²) >= 11 is 5.61. The molecular weight excluding hydrogens is 442 g/mol. The summed E-state index contributed by atoms with van der Waals surface area (Å²) in [6.07, 6.45) is -2.12. The highest BCUT2D eigenvalue weighted by atomic mass is 35.5. The number of nitrogens with one attached hydrogen (secondary N) is 2. The number of aryl methyl sites for hydroxylation is 1. The molecule has 0 saturated heterocycles. The fraction of sp³-hybridized carbons (Fsp3) is 0.316. The van der Waals surface area contributed by atoms with E-state index in [-0.39, 0.29) is 22.7 Å². The van der Waals surface area contributed by atoms with Crippen molar-refractivity contribution in [2.24, 2.45) is 17.4 Å². The van der Waals surface area contributed by atoms with Crippen molar-refractivity contribution in [2.45, 2.75) is 31.4 Å². The molecule has 3 atom stereocenters. The zero-order chi connectivity index (χ0) is 23.1. The van der Waals surface area contributed by atoms with Crippen LogP contribution in [0.1, 0.15) is 28.0 Å². The number of carbonyl (C=O) groups excluding carboxylic acids is 2. The van der Waals surface area contributed by atoms with Gasteiger partial charge in [0, 0.05) is 29.4 Å². The third-order valence-electron chi connectivity index (χ3n) is 5.08. The Morgan fingerprint density at radius 2 is 1.94 bits per heavy atom. The molecule has 3 amide bonds. The summed E-state index contributed by atoms with van der Waals surface area (Å²) < 4.78 is 57.5. The zero-order valence-electron chi connectivity index (χ0n) is 16.1. The molecule has 12 heteroatoms. The van der Waals surface area contributed by atoms with Gasteiger partial charge in [-0.3, -0.25) is 4.79 Å². The molecule has 1 saturated carbocycles. The van der Waals surface area contributed by atoms with Crippen LogP contribution in [0.5, 0.6) is 0 Å². The molecule has 1 aliphatic rings. The molecule has 166 valence electrons. The second-order valence-corrected chi connectivity index (χ2v) is 7.69. The minimum Gasteiger partial charge on any atom is -0.352 e. The van der Waals surface area contributed by atoms with Crippen LogP contribution in [-0.4, -0.2) is 29.4 Å². The van der Waals surface area contributed by atoms with Crippen molar-refractivity contribution in [1.29, 1.82) is 0 Å². The third kappa shape index (κ3) is 4.28. The van der Waals surface area contributed by atoms with Gasteiger partial charge in [0.1, 0.15) is 11.4 Å². The normalized spacial score (nSPS) is 19.6. The van der Waals surface area contributed by atoms with E-state index < -0.39 is 58.8 Å². The van der Waals surface area contributed by atoms with E-state index in [0.717, 1.165) is 24.4 Å². The van der Waals surface area contributed by atoms with Crippen molar-refractivity contribution in [1.82, 2.24) is 10.3 Å². The number of aromatic nitrogens is 1. The van der Waals surface area contributed by atoms with Crippen LogP contribution < -0.4 is 22.1 Å². The molecule has 0 aliphatic heterocycles. The quantitative estimate of drug-likeness (QED) is 0.496. The van der Waals surface area contributed by atoms with Crippen molar-refractivity contribution in [2.75, 3.05) is 5.32 Å². The molecule has 0 radical (unpaired) electrons. The number of alkyl halides is 2. The number of anilines is 1. The van der Waals surface area contributed by atoms with Gasteiger partial charge in [-0.05, 0) is 37.1 Å². The Balaban J connectivity index is 2.07. The number of urea groups is 1. The number of benzene rings is 1. The van der Waals surface area contributed by atoms with Gasteiger partial charge in [-0.25, -0.2) is 27.3 Å². The first-order valence-electron chi connectivity index (χ1n) is 9.01. The standard InChI is InChI=1S/C19H18ClF4N5O2/c1-7-2-9(28-16(30)15-12(21)3-8(20)6-27-15)4-11(14(7)22)19(17(23)24,29-18(26)31)10-5-13(10)25/h2-4,6,10,13,17H,5,25H2,1H3,(H,28,30)(H3,26,29,31)/t10-,13+,19-/m0/s1. The summed E-state index contributed by atoms with van der Waals surface area (Å²) in [5.41, 5.74) is 6.89. The van der Waals surface area contributed by atoms with Gasteiger partial charge in [0.15, 0.2) is 11.5 Å². The lowest BCUT2D eigenvalue weighted by Crippen LogP contribution is -2.56. The second kappa shape index (κ2) is 8.31. The van der Waals surface area contributed by atoms with Crippen LogP contribution in [0.25, 0.3) is 0 Å². The molecule has 0 bridgehead atoms. The summed E-state index contributed by atoms with van der Waals surface area (Å²) in [5, 5.41) is 4.22. The van der Waals surface area contributed by atoms with Crippen LogP contribution in [0.2, 0.25) is 5.02 Å². The van der Waals surface area contributed by atoms with Crippen molar-refractivity contribution < 1.29 is 27.2 Å². The predicted octanol–water partition coefficient (Wildman–Crippen LogP) is 3.05. The van der Waals surface area contributed by atoms with Gasteiger partial charge in [0.2, 0.25) is 0 Å². The Morgan fingerprint density at radius 3 is 2.45 bits per heavy atom. The van der Waals surface area contributed by atoms with Crippen molar-refractivity contribution in [3.63, 3.8) is 0 Å². The maximum atomic E-state index is 15.0. The molecule has 1 heterocycles. The molecule has 2 aromatic rings. The zero-order valence-corrected chi connectivity index (χ0v) is 16.8. The lowest BCUT2D eigenvalue weighted by Gasteiger charge is -2.35. The van der Waals surface area contributed by atoms with Gasteiger partial charge in [-0.2, -0.15) is 0 Å². The molecule has 7 nitrogen and oxygen atoms in total. The lowest BCUT2D eigenvalue weighted by molar-refractivity contribution is 0.0170. The molecular formula is C19H18ClF4N5O2. The van der Waals surface area contributed by atoms with Crippen molar-refractivity contribution in [3.8, 4) is 0 Å². The summed E-state index contributed by atoms with van der Waals surface area (Å²) in [6, 6.07) is 0.959. The van der Waals surface area contributed by atoms with Crippen LogP contribution in [-0.2, 0) is 5.54 Å². The van der Waals surface area contributed by atoms with Gasteiger partial charge in [0.05, 0.1) is 5.02 Å².